The lowest BCUT2D eigenvalue weighted by Gasteiger charge is -2.24. The van der Waals surface area contributed by atoms with Crippen LogP contribution in [0.2, 0.25) is 0 Å². The van der Waals surface area contributed by atoms with Crippen molar-refractivity contribution in [3.63, 3.8) is 0 Å². The van der Waals surface area contributed by atoms with E-state index < -0.39 is 0 Å². The molecule has 7 nitrogen and oxygen atoms in total. The average Bonchev–Trinajstić information content (AvgIpc) is 3.50. The predicted molar refractivity (Wildman–Crippen MR) is 143 cm³/mol. The van der Waals surface area contributed by atoms with E-state index >= 15 is 0 Å². The number of nitrogens with zero attached hydrogens (tertiary/aromatic N) is 3. The van der Waals surface area contributed by atoms with Crippen molar-refractivity contribution >= 4 is 34.6 Å². The summed E-state index contributed by atoms with van der Waals surface area (Å²) in [6.45, 7) is 2.29. The van der Waals surface area contributed by atoms with Gasteiger partial charge in [-0.3, -0.25) is 4.79 Å². The van der Waals surface area contributed by atoms with Crippen molar-refractivity contribution in [2.45, 2.75) is 19.4 Å². The summed E-state index contributed by atoms with van der Waals surface area (Å²) in [6.07, 6.45) is 2.53. The highest BCUT2D eigenvalue weighted by Gasteiger charge is 2.36. The highest BCUT2D eigenvalue weighted by Crippen LogP contribution is 2.40. The van der Waals surface area contributed by atoms with Crippen LogP contribution in [-0.4, -0.2) is 40.6 Å². The van der Waals surface area contributed by atoms with Crippen molar-refractivity contribution in [1.82, 2.24) is 5.01 Å². The number of carbonyl (C=O) groups excluding carboxylic acids is 1. The summed E-state index contributed by atoms with van der Waals surface area (Å²) in [4.78, 5) is 17.5. The van der Waals surface area contributed by atoms with Crippen molar-refractivity contribution < 1.29 is 19.4 Å². The summed E-state index contributed by atoms with van der Waals surface area (Å²) in [5.41, 5.74) is 3.78. The summed E-state index contributed by atoms with van der Waals surface area (Å²) >= 11 is 1.06. The number of aliphatic imine (C=N–C) groups is 1. The topological polar surface area (TPSA) is 83.7 Å². The van der Waals surface area contributed by atoms with Crippen molar-refractivity contribution in [2.75, 3.05) is 13.7 Å². The molecule has 0 radical (unpaired) electrons. The number of hydrazone groups is 1. The number of hydrogen-bond donors (Lipinski definition) is 1. The maximum absolute atomic E-state index is 12.5. The van der Waals surface area contributed by atoms with E-state index in [-0.39, 0.29) is 17.0 Å². The third kappa shape index (κ3) is 4.85. The molecule has 0 saturated heterocycles. The van der Waals surface area contributed by atoms with Gasteiger partial charge in [-0.25, -0.2) is 5.01 Å². The fraction of sp³-hybridized carbons (Fsp3) is 0.179. The number of phenolic OH excluding ortho intramolecular Hbond substituents is 1. The number of thioether (sulfide) groups is 1. The Morgan fingerprint density at radius 2 is 1.89 bits per heavy atom. The molecule has 0 bridgehead atoms. The Bertz CT molecular complexity index is 1370. The molecule has 0 fully saturated rings. The second-order valence-corrected chi connectivity index (χ2v) is 9.22. The Hall–Kier alpha value is -4.04. The highest BCUT2D eigenvalue weighted by molar-refractivity contribution is 8.18. The van der Waals surface area contributed by atoms with Gasteiger partial charge < -0.3 is 14.6 Å². The smallest absolute Gasteiger partial charge is 0.311 e. The molecule has 2 heterocycles. The zero-order valence-electron chi connectivity index (χ0n) is 19.9. The number of benzene rings is 3. The Morgan fingerprint density at radius 3 is 2.61 bits per heavy atom. The molecular formula is C28H25N3O4S. The largest absolute Gasteiger partial charge is 0.504 e. The molecule has 5 rings (SSSR count). The van der Waals surface area contributed by atoms with Gasteiger partial charge in [-0.05, 0) is 65.7 Å². The number of amidine groups is 1. The summed E-state index contributed by atoms with van der Waals surface area (Å²) in [5.74, 6) is 1.73. The van der Waals surface area contributed by atoms with E-state index in [2.05, 4.69) is 4.99 Å². The Balaban J connectivity index is 1.54. The number of ether oxygens (including phenoxy) is 2. The van der Waals surface area contributed by atoms with Gasteiger partial charge in [0, 0.05) is 6.42 Å². The minimum atomic E-state index is -0.295. The summed E-state index contributed by atoms with van der Waals surface area (Å²) in [7, 11) is 1.64. The van der Waals surface area contributed by atoms with E-state index in [9.17, 15) is 9.90 Å². The first-order valence-electron chi connectivity index (χ1n) is 11.6. The van der Waals surface area contributed by atoms with Crippen LogP contribution in [0.15, 0.2) is 87.8 Å². The number of rotatable bonds is 6. The molecule has 3 aromatic rings. The molecule has 182 valence electrons. The van der Waals surface area contributed by atoms with Crippen LogP contribution in [0.3, 0.4) is 0 Å². The van der Waals surface area contributed by atoms with Gasteiger partial charge in [0.25, 0.3) is 0 Å². The van der Waals surface area contributed by atoms with Gasteiger partial charge in [0.2, 0.25) is 0 Å². The second-order valence-electron chi connectivity index (χ2n) is 8.22. The number of hydrogen-bond acceptors (Lipinski definition) is 7. The van der Waals surface area contributed by atoms with Gasteiger partial charge in [-0.1, -0.05) is 48.5 Å². The summed E-state index contributed by atoms with van der Waals surface area (Å²) < 4.78 is 10.9. The monoisotopic (exact) mass is 499 g/mol. The van der Waals surface area contributed by atoms with E-state index in [1.807, 2.05) is 72.6 Å². The number of methoxy groups -OCH3 is 1. The molecule has 1 amide bonds. The third-order valence-electron chi connectivity index (χ3n) is 5.93. The lowest BCUT2D eigenvalue weighted by Crippen LogP contribution is -2.26. The van der Waals surface area contributed by atoms with Crippen LogP contribution in [0.5, 0.6) is 17.2 Å². The van der Waals surface area contributed by atoms with Gasteiger partial charge in [-0.15, -0.1) is 0 Å². The second kappa shape index (κ2) is 10.3. The molecule has 1 unspecified atom stereocenters. The molecule has 0 spiro atoms. The molecule has 36 heavy (non-hydrogen) atoms. The van der Waals surface area contributed by atoms with Gasteiger partial charge in [0.05, 0.1) is 30.4 Å². The minimum Gasteiger partial charge on any atom is -0.504 e. The molecule has 8 heteroatoms. The number of amides is 1. The zero-order chi connectivity index (χ0) is 25.1. The molecule has 1 N–H and O–H groups in total. The SMILES string of the molecule is CCOc1cc(/C=C2\SC(=O)N=C2N2N=C(c3ccccc3)CC2c2ccc(OC)cc2)ccc1O. The van der Waals surface area contributed by atoms with Crippen LogP contribution in [0.25, 0.3) is 6.08 Å². The molecule has 2 aliphatic heterocycles. The Labute approximate surface area is 213 Å². The summed E-state index contributed by atoms with van der Waals surface area (Å²) in [5, 5.41) is 16.6. The van der Waals surface area contributed by atoms with Gasteiger partial charge in [-0.2, -0.15) is 10.1 Å². The van der Waals surface area contributed by atoms with E-state index in [1.165, 1.54) is 0 Å². The maximum atomic E-state index is 12.5. The van der Waals surface area contributed by atoms with Crippen molar-refractivity contribution in [3.05, 3.63) is 94.4 Å². The van der Waals surface area contributed by atoms with Crippen molar-refractivity contribution in [1.29, 1.82) is 0 Å². The molecule has 3 aromatic carbocycles. The van der Waals surface area contributed by atoms with Crippen LogP contribution in [0, 0.1) is 0 Å². The fourth-order valence-corrected chi connectivity index (χ4v) is 4.95. The van der Waals surface area contributed by atoms with Crippen LogP contribution < -0.4 is 9.47 Å². The molecule has 0 saturated carbocycles. The first-order chi connectivity index (χ1) is 17.6. The third-order valence-corrected chi connectivity index (χ3v) is 6.72. The zero-order valence-corrected chi connectivity index (χ0v) is 20.7. The Morgan fingerprint density at radius 1 is 1.11 bits per heavy atom. The van der Waals surface area contributed by atoms with Crippen LogP contribution in [0.4, 0.5) is 4.79 Å². The molecule has 0 aromatic heterocycles. The van der Waals surface area contributed by atoms with Crippen molar-refractivity contribution in [3.8, 4) is 17.2 Å². The summed E-state index contributed by atoms with van der Waals surface area (Å²) in [6, 6.07) is 22.9. The van der Waals surface area contributed by atoms with Gasteiger partial charge in [0.15, 0.2) is 17.3 Å². The van der Waals surface area contributed by atoms with Crippen LogP contribution >= 0.6 is 11.8 Å². The number of phenols is 1. The molecule has 0 aliphatic carbocycles. The molecule has 1 atom stereocenters. The normalized spacial score (nSPS) is 18.4. The van der Waals surface area contributed by atoms with E-state index in [4.69, 9.17) is 14.6 Å². The number of carbonyl (C=O) groups is 1. The van der Waals surface area contributed by atoms with E-state index in [0.717, 1.165) is 39.9 Å². The fourth-order valence-electron chi connectivity index (χ4n) is 4.20. The maximum Gasteiger partial charge on any atom is 0.311 e. The number of aromatic hydroxyl groups is 1. The molecular weight excluding hydrogens is 474 g/mol. The first kappa shape index (κ1) is 23.7. The Kier molecular flexibility index (Phi) is 6.77. The van der Waals surface area contributed by atoms with Crippen molar-refractivity contribution in [2.24, 2.45) is 10.1 Å². The van der Waals surface area contributed by atoms with E-state index in [1.54, 1.807) is 25.3 Å². The lowest BCUT2D eigenvalue weighted by molar-refractivity contribution is 0.267. The average molecular weight is 500 g/mol. The van der Waals surface area contributed by atoms with Crippen LogP contribution in [0.1, 0.15) is 36.1 Å². The standard InChI is InChI=1S/C28H25N3O4S/c1-3-35-25-15-18(9-14-24(25)32)16-26-27(29-28(33)36-26)31-23(20-10-12-21(34-2)13-11-20)17-22(30-31)19-7-5-4-6-8-19/h4-16,23,32H,3,17H2,1-2H3/b26-16-. The quantitative estimate of drug-likeness (QED) is 0.431. The minimum absolute atomic E-state index is 0.0688. The van der Waals surface area contributed by atoms with Gasteiger partial charge >= 0.3 is 5.24 Å². The highest BCUT2D eigenvalue weighted by atomic mass is 32.2. The predicted octanol–water partition coefficient (Wildman–Crippen LogP) is 6.26. The first-order valence-corrected chi connectivity index (χ1v) is 12.4. The molecule has 2 aliphatic rings. The lowest BCUT2D eigenvalue weighted by atomic mass is 9.98. The van der Waals surface area contributed by atoms with Gasteiger partial charge in [0.1, 0.15) is 5.75 Å². The van der Waals surface area contributed by atoms with E-state index in [0.29, 0.717) is 29.5 Å². The van der Waals surface area contributed by atoms with Crippen LogP contribution in [-0.2, 0) is 0 Å².